The molecule has 4 nitrogen and oxygen atoms in total. The fourth-order valence-electron chi connectivity index (χ4n) is 2.61. The number of carboxylic acids is 1. The summed E-state index contributed by atoms with van der Waals surface area (Å²) >= 11 is 0. The number of esters is 1. The Morgan fingerprint density at radius 1 is 1.19 bits per heavy atom. The van der Waals surface area contributed by atoms with E-state index >= 15 is 0 Å². The van der Waals surface area contributed by atoms with Crippen LogP contribution in [-0.2, 0) is 9.53 Å². The van der Waals surface area contributed by atoms with Crippen LogP contribution in [0.15, 0.2) is 30.3 Å². The first-order valence-electron chi connectivity index (χ1n) is 6.80. The summed E-state index contributed by atoms with van der Waals surface area (Å²) in [4.78, 5) is 22.7. The minimum atomic E-state index is -4.08. The Bertz CT molecular complexity index is 510. The largest absolute Gasteiger partial charge is 0.477 e. The van der Waals surface area contributed by atoms with Gasteiger partial charge in [-0.25, -0.2) is 9.59 Å². The van der Waals surface area contributed by atoms with E-state index in [1.807, 2.05) is 0 Å². The van der Waals surface area contributed by atoms with Crippen molar-refractivity contribution in [3.8, 4) is 0 Å². The maximum atomic E-state index is 13.9. The Labute approximate surface area is 120 Å². The van der Waals surface area contributed by atoms with Crippen LogP contribution in [0.4, 0.5) is 8.78 Å². The number of halogens is 2. The van der Waals surface area contributed by atoms with Gasteiger partial charge in [0.15, 0.2) is 6.10 Å². The van der Waals surface area contributed by atoms with Gasteiger partial charge in [0.05, 0.1) is 5.56 Å². The molecule has 0 aliphatic heterocycles. The first-order valence-corrected chi connectivity index (χ1v) is 6.80. The molecule has 0 bridgehead atoms. The molecule has 1 aromatic rings. The highest BCUT2D eigenvalue weighted by atomic mass is 19.3. The van der Waals surface area contributed by atoms with Gasteiger partial charge in [-0.3, -0.25) is 0 Å². The Balaban J connectivity index is 2.20. The summed E-state index contributed by atoms with van der Waals surface area (Å²) in [5.74, 6) is -7.89. The van der Waals surface area contributed by atoms with E-state index in [9.17, 15) is 18.4 Å². The molecule has 0 radical (unpaired) electrons. The van der Waals surface area contributed by atoms with E-state index in [4.69, 9.17) is 9.84 Å². The Morgan fingerprint density at radius 2 is 1.76 bits per heavy atom. The number of carboxylic acid groups (broad SMARTS) is 1. The normalized spacial score (nSPS) is 17.4. The van der Waals surface area contributed by atoms with Crippen LogP contribution < -0.4 is 0 Å². The van der Waals surface area contributed by atoms with Crippen LogP contribution in [0.25, 0.3) is 0 Å². The lowest BCUT2D eigenvalue weighted by molar-refractivity contribution is -0.188. The summed E-state index contributed by atoms with van der Waals surface area (Å²) in [6.07, 6.45) is 0.426. The molecule has 6 heteroatoms. The molecule has 0 heterocycles. The van der Waals surface area contributed by atoms with E-state index in [1.54, 1.807) is 18.2 Å². The van der Waals surface area contributed by atoms with Crippen molar-refractivity contribution in [1.82, 2.24) is 0 Å². The second kappa shape index (κ2) is 6.20. The average molecular weight is 298 g/mol. The van der Waals surface area contributed by atoms with E-state index in [2.05, 4.69) is 0 Å². The molecule has 1 saturated carbocycles. The monoisotopic (exact) mass is 298 g/mol. The molecule has 1 fully saturated rings. The number of carbonyl (C=O) groups is 2. The lowest BCUT2D eigenvalue weighted by atomic mass is 9.95. The van der Waals surface area contributed by atoms with Gasteiger partial charge in [0, 0.05) is 5.92 Å². The van der Waals surface area contributed by atoms with Crippen LogP contribution in [0.3, 0.4) is 0 Å². The highest BCUT2D eigenvalue weighted by Crippen LogP contribution is 2.37. The summed E-state index contributed by atoms with van der Waals surface area (Å²) < 4.78 is 32.6. The summed E-state index contributed by atoms with van der Waals surface area (Å²) in [6.45, 7) is 0. The van der Waals surface area contributed by atoms with Crippen LogP contribution in [0.1, 0.15) is 36.0 Å². The first-order chi connectivity index (χ1) is 9.93. The highest BCUT2D eigenvalue weighted by Gasteiger charge is 2.54. The van der Waals surface area contributed by atoms with Crippen molar-refractivity contribution in [3.63, 3.8) is 0 Å². The van der Waals surface area contributed by atoms with E-state index in [0.29, 0.717) is 12.8 Å². The fourth-order valence-corrected chi connectivity index (χ4v) is 2.61. The molecule has 0 spiro atoms. The minimum Gasteiger partial charge on any atom is -0.477 e. The Hall–Kier alpha value is -1.98. The molecule has 0 saturated heterocycles. The van der Waals surface area contributed by atoms with Crippen molar-refractivity contribution >= 4 is 11.9 Å². The predicted octanol–water partition coefficient (Wildman–Crippen LogP) is 3.12. The number of ether oxygens (including phenoxy) is 1. The third kappa shape index (κ3) is 3.37. The van der Waals surface area contributed by atoms with E-state index in [-0.39, 0.29) is 5.56 Å². The van der Waals surface area contributed by atoms with E-state index in [0.717, 1.165) is 12.8 Å². The van der Waals surface area contributed by atoms with E-state index in [1.165, 1.54) is 12.1 Å². The molecule has 0 aromatic heterocycles. The molecule has 1 aliphatic rings. The van der Waals surface area contributed by atoms with Gasteiger partial charge in [-0.1, -0.05) is 31.0 Å². The van der Waals surface area contributed by atoms with Gasteiger partial charge in [0.2, 0.25) is 0 Å². The van der Waals surface area contributed by atoms with Crippen molar-refractivity contribution in [1.29, 1.82) is 0 Å². The lowest BCUT2D eigenvalue weighted by Crippen LogP contribution is -2.47. The molecule has 1 unspecified atom stereocenters. The molecule has 1 N–H and O–H groups in total. The zero-order valence-corrected chi connectivity index (χ0v) is 11.3. The minimum absolute atomic E-state index is 0.127. The van der Waals surface area contributed by atoms with Crippen molar-refractivity contribution < 1.29 is 28.2 Å². The van der Waals surface area contributed by atoms with Crippen LogP contribution in [0.2, 0.25) is 0 Å². The molecule has 1 aromatic carbocycles. The number of hydrogen-bond acceptors (Lipinski definition) is 3. The molecule has 21 heavy (non-hydrogen) atoms. The van der Waals surface area contributed by atoms with Crippen LogP contribution in [-0.4, -0.2) is 29.1 Å². The van der Waals surface area contributed by atoms with Crippen LogP contribution in [0.5, 0.6) is 0 Å². The molecule has 1 atom stereocenters. The number of alkyl halides is 2. The van der Waals surface area contributed by atoms with Gasteiger partial charge in [-0.15, -0.1) is 0 Å². The smallest absolute Gasteiger partial charge is 0.378 e. The van der Waals surface area contributed by atoms with Gasteiger partial charge >= 0.3 is 17.9 Å². The Kier molecular flexibility index (Phi) is 4.55. The molecule has 2 rings (SSSR count). The summed E-state index contributed by atoms with van der Waals surface area (Å²) in [5.41, 5.74) is 0.127. The third-order valence-corrected chi connectivity index (χ3v) is 3.71. The SMILES string of the molecule is O=C(OC(C1CCCC1)C(F)(F)C(=O)O)c1ccccc1. The van der Waals surface area contributed by atoms with Crippen LogP contribution >= 0.6 is 0 Å². The van der Waals surface area contributed by atoms with Crippen molar-refractivity contribution in [3.05, 3.63) is 35.9 Å². The number of rotatable bonds is 5. The fraction of sp³-hybridized carbons (Fsp3) is 0.467. The molecule has 0 amide bonds. The quantitative estimate of drug-likeness (QED) is 0.848. The van der Waals surface area contributed by atoms with Crippen molar-refractivity contribution in [2.75, 3.05) is 0 Å². The maximum Gasteiger partial charge on any atom is 0.378 e. The summed E-state index contributed by atoms with van der Waals surface area (Å²) in [7, 11) is 0. The lowest BCUT2D eigenvalue weighted by Gasteiger charge is -2.28. The topological polar surface area (TPSA) is 63.6 Å². The standard InChI is InChI=1S/C15H16F2O4/c16-15(17,14(19)20)12(10-6-4-5-7-10)21-13(18)11-8-2-1-3-9-11/h1-3,8-10,12H,4-7H2,(H,19,20). The predicted molar refractivity (Wildman–Crippen MR) is 70.2 cm³/mol. The molecular formula is C15H16F2O4. The summed E-state index contributed by atoms with van der Waals surface area (Å²) in [5, 5.41) is 8.71. The van der Waals surface area contributed by atoms with Gasteiger partial charge in [0.25, 0.3) is 0 Å². The van der Waals surface area contributed by atoms with Crippen LogP contribution in [0, 0.1) is 5.92 Å². The maximum absolute atomic E-state index is 13.9. The molecular weight excluding hydrogens is 282 g/mol. The number of carbonyl (C=O) groups excluding carboxylic acids is 1. The Morgan fingerprint density at radius 3 is 2.29 bits per heavy atom. The van der Waals surface area contributed by atoms with E-state index < -0.39 is 29.9 Å². The second-order valence-corrected chi connectivity index (χ2v) is 5.16. The molecule has 114 valence electrons. The van der Waals surface area contributed by atoms with Gasteiger partial charge in [0.1, 0.15) is 0 Å². The number of aliphatic carboxylic acids is 1. The average Bonchev–Trinajstić information content (AvgIpc) is 2.98. The highest BCUT2D eigenvalue weighted by molar-refractivity contribution is 5.90. The van der Waals surface area contributed by atoms with Crippen molar-refractivity contribution in [2.45, 2.75) is 37.7 Å². The number of hydrogen-bond donors (Lipinski definition) is 1. The summed E-state index contributed by atoms with van der Waals surface area (Å²) in [6, 6.07) is 7.71. The second-order valence-electron chi connectivity index (χ2n) is 5.16. The number of benzene rings is 1. The third-order valence-electron chi connectivity index (χ3n) is 3.71. The van der Waals surface area contributed by atoms with Gasteiger partial charge in [-0.2, -0.15) is 8.78 Å². The van der Waals surface area contributed by atoms with Crippen molar-refractivity contribution in [2.24, 2.45) is 5.92 Å². The van der Waals surface area contributed by atoms with Gasteiger partial charge < -0.3 is 9.84 Å². The van der Waals surface area contributed by atoms with Gasteiger partial charge in [-0.05, 0) is 25.0 Å². The first kappa shape index (κ1) is 15.4. The zero-order valence-electron chi connectivity index (χ0n) is 11.3. The zero-order chi connectivity index (χ0) is 15.5. The molecule has 1 aliphatic carbocycles.